The van der Waals surface area contributed by atoms with Crippen molar-refractivity contribution in [2.45, 2.75) is 39.2 Å². The third kappa shape index (κ3) is 3.60. The van der Waals surface area contributed by atoms with Crippen LogP contribution in [0.4, 0.5) is 0 Å². The fraction of sp³-hybridized carbons (Fsp3) is 0.733. The van der Waals surface area contributed by atoms with Crippen molar-refractivity contribution in [3.8, 4) is 0 Å². The topological polar surface area (TPSA) is 15.3 Å². The minimum atomic E-state index is 0.608. The summed E-state index contributed by atoms with van der Waals surface area (Å²) >= 11 is 5.64. The molecule has 1 N–H and O–H groups in total. The Morgan fingerprint density at radius 1 is 1.53 bits per heavy atom. The molecule has 108 valence electrons. The van der Waals surface area contributed by atoms with Gasteiger partial charge in [-0.1, -0.05) is 6.92 Å². The number of nitrogens with zero attached hydrogens (tertiary/aromatic N) is 1. The lowest BCUT2D eigenvalue weighted by atomic mass is 9.88. The van der Waals surface area contributed by atoms with Crippen LogP contribution in [0.3, 0.4) is 0 Å². The standard InChI is InChI=1S/C15H25BrN2S/c1-4-7-18-8-5-6-12(10-17-3)15(18)14-9-13(16)11(2)19-14/h9,12,15,17H,4-8,10H2,1-3H3. The second kappa shape index (κ2) is 7.21. The van der Waals surface area contributed by atoms with Crippen LogP contribution in [0, 0.1) is 12.8 Å². The highest BCUT2D eigenvalue weighted by molar-refractivity contribution is 9.10. The lowest BCUT2D eigenvalue weighted by Gasteiger charge is -2.41. The second-order valence-electron chi connectivity index (χ2n) is 5.49. The van der Waals surface area contributed by atoms with E-state index in [2.05, 4.69) is 53.1 Å². The Labute approximate surface area is 129 Å². The number of thiophene rings is 1. The van der Waals surface area contributed by atoms with E-state index in [0.717, 1.165) is 12.5 Å². The van der Waals surface area contributed by atoms with Crippen molar-refractivity contribution in [1.29, 1.82) is 0 Å². The summed E-state index contributed by atoms with van der Waals surface area (Å²) < 4.78 is 1.28. The number of likely N-dealkylation sites (tertiary alicyclic amines) is 1. The van der Waals surface area contributed by atoms with Gasteiger partial charge in [0.25, 0.3) is 0 Å². The van der Waals surface area contributed by atoms with Crippen molar-refractivity contribution < 1.29 is 0 Å². The van der Waals surface area contributed by atoms with Gasteiger partial charge in [-0.2, -0.15) is 0 Å². The average molecular weight is 345 g/mol. The van der Waals surface area contributed by atoms with Crippen LogP contribution in [0.15, 0.2) is 10.5 Å². The van der Waals surface area contributed by atoms with Gasteiger partial charge in [0.05, 0.1) is 0 Å². The first-order chi connectivity index (χ1) is 9.17. The summed E-state index contributed by atoms with van der Waals surface area (Å²) in [4.78, 5) is 5.64. The zero-order valence-corrected chi connectivity index (χ0v) is 14.6. The van der Waals surface area contributed by atoms with E-state index in [1.54, 1.807) is 0 Å². The first kappa shape index (κ1) is 15.5. The molecule has 2 rings (SSSR count). The van der Waals surface area contributed by atoms with E-state index >= 15 is 0 Å². The van der Waals surface area contributed by atoms with Crippen LogP contribution < -0.4 is 5.32 Å². The molecule has 1 aromatic rings. The van der Waals surface area contributed by atoms with E-state index in [-0.39, 0.29) is 0 Å². The van der Waals surface area contributed by atoms with Gasteiger partial charge >= 0.3 is 0 Å². The summed E-state index contributed by atoms with van der Waals surface area (Å²) in [5.41, 5.74) is 0. The van der Waals surface area contributed by atoms with Crippen LogP contribution in [0.2, 0.25) is 0 Å². The first-order valence-electron chi connectivity index (χ1n) is 7.31. The molecule has 1 fully saturated rings. The van der Waals surface area contributed by atoms with Gasteiger partial charge in [0.1, 0.15) is 0 Å². The lowest BCUT2D eigenvalue weighted by molar-refractivity contribution is 0.0948. The quantitative estimate of drug-likeness (QED) is 0.860. The van der Waals surface area contributed by atoms with Crippen LogP contribution in [0.25, 0.3) is 0 Å². The SMILES string of the molecule is CCCN1CCCC(CNC)C1c1cc(Br)c(C)s1. The Morgan fingerprint density at radius 2 is 2.32 bits per heavy atom. The molecule has 2 nitrogen and oxygen atoms in total. The third-order valence-corrected chi connectivity index (χ3v) is 6.21. The molecule has 2 heterocycles. The second-order valence-corrected chi connectivity index (χ2v) is 7.64. The van der Waals surface area contributed by atoms with Gasteiger partial charge in [0.15, 0.2) is 0 Å². The maximum atomic E-state index is 3.68. The van der Waals surface area contributed by atoms with Crippen molar-refractivity contribution in [3.05, 3.63) is 20.3 Å². The van der Waals surface area contributed by atoms with E-state index in [1.165, 1.54) is 46.6 Å². The maximum absolute atomic E-state index is 3.68. The predicted molar refractivity (Wildman–Crippen MR) is 88.0 cm³/mol. The van der Waals surface area contributed by atoms with Crippen LogP contribution in [0.1, 0.15) is 42.0 Å². The predicted octanol–water partition coefficient (Wildman–Crippen LogP) is 4.20. The smallest absolute Gasteiger partial charge is 0.0482 e. The molecular weight excluding hydrogens is 320 g/mol. The van der Waals surface area contributed by atoms with Crippen molar-refractivity contribution in [2.24, 2.45) is 5.92 Å². The van der Waals surface area contributed by atoms with E-state index in [1.807, 2.05) is 11.3 Å². The molecule has 1 aliphatic heterocycles. The molecule has 1 saturated heterocycles. The zero-order chi connectivity index (χ0) is 13.8. The van der Waals surface area contributed by atoms with Gasteiger partial charge in [0, 0.05) is 20.3 Å². The van der Waals surface area contributed by atoms with Gasteiger partial charge in [-0.05, 0) is 80.8 Å². The fourth-order valence-electron chi connectivity index (χ4n) is 3.21. The normalized spacial score (nSPS) is 24.8. The van der Waals surface area contributed by atoms with Gasteiger partial charge in [-0.25, -0.2) is 0 Å². The van der Waals surface area contributed by atoms with E-state index in [0.29, 0.717) is 6.04 Å². The van der Waals surface area contributed by atoms with Crippen LogP contribution in [-0.2, 0) is 0 Å². The highest BCUT2D eigenvalue weighted by atomic mass is 79.9. The third-order valence-electron chi connectivity index (χ3n) is 4.01. The molecule has 1 aromatic heterocycles. The average Bonchev–Trinajstić information content (AvgIpc) is 2.70. The Balaban J connectivity index is 2.25. The molecule has 2 unspecified atom stereocenters. The van der Waals surface area contributed by atoms with Crippen molar-refractivity contribution >= 4 is 27.3 Å². The van der Waals surface area contributed by atoms with Gasteiger partial charge in [0.2, 0.25) is 0 Å². The Kier molecular flexibility index (Phi) is 5.87. The van der Waals surface area contributed by atoms with E-state index in [4.69, 9.17) is 0 Å². The van der Waals surface area contributed by atoms with Gasteiger partial charge in [-0.3, -0.25) is 4.90 Å². The molecule has 0 radical (unpaired) electrons. The molecule has 2 atom stereocenters. The maximum Gasteiger partial charge on any atom is 0.0482 e. The highest BCUT2D eigenvalue weighted by Crippen LogP contribution is 2.41. The number of nitrogens with one attached hydrogen (secondary N) is 1. The molecule has 0 aliphatic carbocycles. The monoisotopic (exact) mass is 344 g/mol. The molecule has 0 amide bonds. The summed E-state index contributed by atoms with van der Waals surface area (Å²) in [6.07, 6.45) is 3.93. The highest BCUT2D eigenvalue weighted by Gasteiger charge is 2.32. The Bertz CT molecular complexity index is 367. The minimum Gasteiger partial charge on any atom is -0.319 e. The zero-order valence-electron chi connectivity index (χ0n) is 12.2. The minimum absolute atomic E-state index is 0.608. The number of hydrogen-bond donors (Lipinski definition) is 1. The van der Waals surface area contributed by atoms with Crippen molar-refractivity contribution in [1.82, 2.24) is 10.2 Å². The van der Waals surface area contributed by atoms with E-state index < -0.39 is 0 Å². The summed E-state index contributed by atoms with van der Waals surface area (Å²) in [5.74, 6) is 0.746. The van der Waals surface area contributed by atoms with Crippen molar-refractivity contribution in [3.63, 3.8) is 0 Å². The van der Waals surface area contributed by atoms with Crippen molar-refractivity contribution in [2.75, 3.05) is 26.7 Å². The molecule has 0 aromatic carbocycles. The van der Waals surface area contributed by atoms with Gasteiger partial charge < -0.3 is 5.32 Å². The molecule has 4 heteroatoms. The summed E-state index contributed by atoms with van der Waals surface area (Å²) in [6.45, 7) is 8.10. The molecular formula is C15H25BrN2S. The first-order valence-corrected chi connectivity index (χ1v) is 8.92. The Hall–Kier alpha value is 0.1000. The van der Waals surface area contributed by atoms with Crippen LogP contribution >= 0.6 is 27.3 Å². The number of rotatable bonds is 5. The van der Waals surface area contributed by atoms with Gasteiger partial charge in [-0.15, -0.1) is 11.3 Å². The molecule has 0 saturated carbocycles. The molecule has 19 heavy (non-hydrogen) atoms. The summed E-state index contributed by atoms with van der Waals surface area (Å²) in [5, 5.41) is 3.39. The number of hydrogen-bond acceptors (Lipinski definition) is 3. The lowest BCUT2D eigenvalue weighted by Crippen LogP contribution is -2.42. The summed E-state index contributed by atoms with van der Waals surface area (Å²) in [7, 11) is 2.07. The Morgan fingerprint density at radius 3 is 2.89 bits per heavy atom. The van der Waals surface area contributed by atoms with E-state index in [9.17, 15) is 0 Å². The number of piperidine rings is 1. The molecule has 1 aliphatic rings. The number of halogens is 1. The molecule has 0 bridgehead atoms. The molecule has 0 spiro atoms. The van der Waals surface area contributed by atoms with Crippen LogP contribution in [-0.4, -0.2) is 31.6 Å². The number of aryl methyl sites for hydroxylation is 1. The summed E-state index contributed by atoms with van der Waals surface area (Å²) in [6, 6.07) is 2.96. The largest absolute Gasteiger partial charge is 0.319 e. The van der Waals surface area contributed by atoms with Crippen LogP contribution in [0.5, 0.6) is 0 Å². The fourth-order valence-corrected chi connectivity index (χ4v) is 5.00.